The number of piperazine rings is 1. The lowest BCUT2D eigenvalue weighted by Crippen LogP contribution is -2.45. The molecule has 1 saturated heterocycles. The third kappa shape index (κ3) is 4.25. The molecule has 1 aliphatic heterocycles. The summed E-state index contributed by atoms with van der Waals surface area (Å²) in [7, 11) is 0. The van der Waals surface area contributed by atoms with Gasteiger partial charge in [-0.2, -0.15) is 0 Å². The number of halogens is 5. The number of benzene rings is 1. The van der Waals surface area contributed by atoms with Gasteiger partial charge in [0.1, 0.15) is 17.5 Å². The fourth-order valence-electron chi connectivity index (χ4n) is 2.51. The zero-order valence-corrected chi connectivity index (χ0v) is 12.8. The van der Waals surface area contributed by atoms with Crippen LogP contribution in [0.5, 0.6) is 0 Å². The average molecular weight is 331 g/mol. The van der Waals surface area contributed by atoms with E-state index >= 15 is 0 Å². The second kappa shape index (κ2) is 8.72. The first-order valence-electron chi connectivity index (χ1n) is 6.22. The second-order valence-corrected chi connectivity index (χ2v) is 4.49. The highest BCUT2D eigenvalue weighted by atomic mass is 35.5. The molecule has 0 saturated carbocycles. The minimum Gasteiger partial charge on any atom is -0.314 e. The van der Waals surface area contributed by atoms with Crippen LogP contribution >= 0.6 is 24.8 Å². The van der Waals surface area contributed by atoms with Gasteiger partial charge in [0.05, 0.1) is 0 Å². The summed E-state index contributed by atoms with van der Waals surface area (Å²) in [5.41, 5.74) is -0.0131. The molecule has 1 aromatic carbocycles. The Labute approximate surface area is 129 Å². The van der Waals surface area contributed by atoms with Crippen LogP contribution in [0, 0.1) is 17.5 Å². The molecule has 20 heavy (non-hydrogen) atoms. The maximum absolute atomic E-state index is 13.8. The maximum atomic E-state index is 13.8. The Morgan fingerprint density at radius 2 is 1.60 bits per heavy atom. The van der Waals surface area contributed by atoms with Gasteiger partial charge in [-0.3, -0.25) is 4.90 Å². The van der Waals surface area contributed by atoms with Gasteiger partial charge in [-0.15, -0.1) is 24.8 Å². The Hall–Kier alpha value is -0.490. The Morgan fingerprint density at radius 3 is 2.05 bits per heavy atom. The van der Waals surface area contributed by atoms with E-state index in [1.165, 1.54) is 0 Å². The van der Waals surface area contributed by atoms with E-state index in [1.54, 1.807) is 0 Å². The molecule has 0 amide bonds. The fourth-order valence-corrected chi connectivity index (χ4v) is 2.51. The standard InChI is InChI=1S/C13H17F3N2.2ClH/c1-2-12(18-5-3-17-4-6-18)13-10(15)7-9(14)8-11(13)16;;/h7-8,12,17H,2-6H2,1H3;2*1H/t12-;;/m0../s1. The Morgan fingerprint density at radius 1 is 1.10 bits per heavy atom. The van der Waals surface area contributed by atoms with Crippen molar-refractivity contribution in [2.24, 2.45) is 0 Å². The molecule has 1 heterocycles. The molecule has 1 N–H and O–H groups in total. The molecule has 2 nitrogen and oxygen atoms in total. The monoisotopic (exact) mass is 330 g/mol. The van der Waals surface area contributed by atoms with E-state index < -0.39 is 17.5 Å². The number of nitrogens with one attached hydrogen (secondary N) is 1. The average Bonchev–Trinajstić information content (AvgIpc) is 2.34. The van der Waals surface area contributed by atoms with E-state index in [9.17, 15) is 13.2 Å². The third-order valence-electron chi connectivity index (χ3n) is 3.36. The van der Waals surface area contributed by atoms with Crippen molar-refractivity contribution in [3.05, 3.63) is 35.1 Å². The molecular weight excluding hydrogens is 312 g/mol. The van der Waals surface area contributed by atoms with Gasteiger partial charge < -0.3 is 5.32 Å². The van der Waals surface area contributed by atoms with Crippen LogP contribution in [-0.2, 0) is 0 Å². The van der Waals surface area contributed by atoms with Crippen LogP contribution < -0.4 is 5.32 Å². The molecule has 116 valence electrons. The van der Waals surface area contributed by atoms with Gasteiger partial charge in [-0.05, 0) is 6.42 Å². The van der Waals surface area contributed by atoms with Crippen LogP contribution in [0.1, 0.15) is 24.9 Å². The quantitative estimate of drug-likeness (QED) is 0.914. The Balaban J connectivity index is 0.00000180. The lowest BCUT2D eigenvalue weighted by molar-refractivity contribution is 0.162. The largest absolute Gasteiger partial charge is 0.314 e. The predicted molar refractivity (Wildman–Crippen MR) is 78.3 cm³/mol. The van der Waals surface area contributed by atoms with Gasteiger partial charge >= 0.3 is 0 Å². The smallest absolute Gasteiger partial charge is 0.133 e. The molecule has 1 fully saturated rings. The van der Waals surface area contributed by atoms with E-state index in [1.807, 2.05) is 11.8 Å². The van der Waals surface area contributed by atoms with Crippen molar-refractivity contribution in [3.63, 3.8) is 0 Å². The molecule has 1 atom stereocenters. The van der Waals surface area contributed by atoms with Gasteiger partial charge in [0.2, 0.25) is 0 Å². The summed E-state index contributed by atoms with van der Waals surface area (Å²) in [6.07, 6.45) is 0.597. The summed E-state index contributed by atoms with van der Waals surface area (Å²) in [5.74, 6) is -2.46. The molecule has 2 rings (SSSR count). The van der Waals surface area contributed by atoms with Gasteiger partial charge in [0.25, 0.3) is 0 Å². The molecule has 0 spiro atoms. The van der Waals surface area contributed by atoms with E-state index in [4.69, 9.17) is 0 Å². The van der Waals surface area contributed by atoms with Gasteiger partial charge in [0, 0.05) is 49.9 Å². The van der Waals surface area contributed by atoms with Crippen LogP contribution in [-0.4, -0.2) is 31.1 Å². The van der Waals surface area contributed by atoms with E-state index in [-0.39, 0.29) is 36.4 Å². The highest BCUT2D eigenvalue weighted by molar-refractivity contribution is 5.85. The predicted octanol–water partition coefficient (Wildman–Crippen LogP) is 3.30. The summed E-state index contributed by atoms with van der Waals surface area (Å²) < 4.78 is 40.5. The minimum atomic E-state index is -0.871. The van der Waals surface area contributed by atoms with Gasteiger partial charge in [-0.1, -0.05) is 6.92 Å². The number of hydrogen-bond donors (Lipinski definition) is 1. The lowest BCUT2D eigenvalue weighted by atomic mass is 10.0. The van der Waals surface area contributed by atoms with Gasteiger partial charge in [0.15, 0.2) is 0 Å². The van der Waals surface area contributed by atoms with Crippen molar-refractivity contribution < 1.29 is 13.2 Å². The van der Waals surface area contributed by atoms with Crippen LogP contribution in [0.3, 0.4) is 0 Å². The summed E-state index contributed by atoms with van der Waals surface area (Å²) in [4.78, 5) is 2.04. The molecule has 7 heteroatoms. The van der Waals surface area contributed by atoms with Crippen LogP contribution in [0.15, 0.2) is 12.1 Å². The molecule has 1 aromatic rings. The first kappa shape index (κ1) is 19.5. The Kier molecular flexibility index (Phi) is 8.51. The molecule has 0 unspecified atom stereocenters. The molecule has 0 radical (unpaired) electrons. The SMILES string of the molecule is CC[C@@H](c1c(F)cc(F)cc1F)N1CCNCC1.Cl.Cl. The summed E-state index contributed by atoms with van der Waals surface area (Å²) in [6.45, 7) is 4.99. The molecular formula is C13H19Cl2F3N2. The number of nitrogens with zero attached hydrogens (tertiary/aromatic N) is 1. The van der Waals surface area contributed by atoms with E-state index in [0.29, 0.717) is 6.42 Å². The fraction of sp³-hybridized carbons (Fsp3) is 0.538. The van der Waals surface area contributed by atoms with Crippen molar-refractivity contribution in [2.45, 2.75) is 19.4 Å². The maximum Gasteiger partial charge on any atom is 0.133 e. The van der Waals surface area contributed by atoms with Crippen molar-refractivity contribution >= 4 is 24.8 Å². The molecule has 0 bridgehead atoms. The van der Waals surface area contributed by atoms with Crippen LogP contribution in [0.25, 0.3) is 0 Å². The third-order valence-corrected chi connectivity index (χ3v) is 3.36. The zero-order chi connectivity index (χ0) is 13.1. The van der Waals surface area contributed by atoms with Crippen molar-refractivity contribution in [1.82, 2.24) is 10.2 Å². The van der Waals surface area contributed by atoms with Crippen LogP contribution in [0.2, 0.25) is 0 Å². The lowest BCUT2D eigenvalue weighted by Gasteiger charge is -2.35. The van der Waals surface area contributed by atoms with Crippen molar-refractivity contribution in [3.8, 4) is 0 Å². The first-order valence-corrected chi connectivity index (χ1v) is 6.22. The van der Waals surface area contributed by atoms with Crippen molar-refractivity contribution in [2.75, 3.05) is 26.2 Å². The summed E-state index contributed by atoms with van der Waals surface area (Å²) in [6, 6.07) is 1.18. The molecule has 0 aliphatic carbocycles. The molecule has 1 aliphatic rings. The van der Waals surface area contributed by atoms with Crippen molar-refractivity contribution in [1.29, 1.82) is 0 Å². The topological polar surface area (TPSA) is 15.3 Å². The summed E-state index contributed by atoms with van der Waals surface area (Å²) >= 11 is 0. The number of hydrogen-bond acceptors (Lipinski definition) is 2. The minimum absolute atomic E-state index is 0. The van der Waals surface area contributed by atoms with E-state index in [2.05, 4.69) is 5.32 Å². The second-order valence-electron chi connectivity index (χ2n) is 4.49. The summed E-state index contributed by atoms with van der Waals surface area (Å²) in [5, 5.41) is 3.19. The van der Waals surface area contributed by atoms with Crippen LogP contribution in [0.4, 0.5) is 13.2 Å². The number of rotatable bonds is 3. The van der Waals surface area contributed by atoms with Gasteiger partial charge in [-0.25, -0.2) is 13.2 Å². The highest BCUT2D eigenvalue weighted by Crippen LogP contribution is 2.29. The Bertz CT molecular complexity index is 403. The molecule has 0 aromatic heterocycles. The van der Waals surface area contributed by atoms with E-state index in [0.717, 1.165) is 38.3 Å². The highest BCUT2D eigenvalue weighted by Gasteiger charge is 2.26. The first-order chi connectivity index (χ1) is 8.63. The normalized spacial score (nSPS) is 17.0. The zero-order valence-electron chi connectivity index (χ0n) is 11.2.